The Morgan fingerprint density at radius 3 is 2.62 bits per heavy atom. The molecule has 0 fully saturated rings. The Labute approximate surface area is 151 Å². The fourth-order valence-corrected chi connectivity index (χ4v) is 2.47. The molecule has 0 aliphatic heterocycles. The second kappa shape index (κ2) is 9.84. The minimum Gasteiger partial charge on any atom is -0.494 e. The average molecular weight is 367 g/mol. The summed E-state index contributed by atoms with van der Waals surface area (Å²) in [6.07, 6.45) is -1.65. The first-order valence-corrected chi connectivity index (χ1v) is 8.65. The summed E-state index contributed by atoms with van der Waals surface area (Å²) < 4.78 is 35.6. The summed E-state index contributed by atoms with van der Waals surface area (Å²) in [6, 6.07) is 7.25. The van der Waals surface area contributed by atoms with Crippen molar-refractivity contribution < 1.29 is 22.8 Å². The van der Waals surface area contributed by atoms with E-state index in [2.05, 4.69) is 10.1 Å². The highest BCUT2D eigenvalue weighted by molar-refractivity contribution is 5.76. The first kappa shape index (κ1) is 19.8. The van der Waals surface area contributed by atoms with Crippen molar-refractivity contribution >= 4 is 5.91 Å². The molecule has 6 nitrogen and oxygen atoms in total. The molecule has 2 rings (SSSR count). The Balaban J connectivity index is 1.94. The predicted molar refractivity (Wildman–Crippen MR) is 92.1 cm³/mol. The zero-order valence-electron chi connectivity index (χ0n) is 15.0. The van der Waals surface area contributed by atoms with Gasteiger partial charge in [-0.2, -0.15) is 4.98 Å². The van der Waals surface area contributed by atoms with E-state index in [4.69, 9.17) is 9.26 Å². The summed E-state index contributed by atoms with van der Waals surface area (Å²) in [5, 5.41) is 3.90. The van der Waals surface area contributed by atoms with Crippen molar-refractivity contribution in [2.24, 2.45) is 0 Å². The van der Waals surface area contributed by atoms with E-state index in [1.165, 1.54) is 4.90 Å². The molecule has 8 heteroatoms. The fraction of sp³-hybridized carbons (Fsp3) is 0.500. The maximum atomic E-state index is 12.6. The Hall–Kier alpha value is -2.51. The Morgan fingerprint density at radius 1 is 1.27 bits per heavy atom. The van der Waals surface area contributed by atoms with Crippen molar-refractivity contribution in [2.75, 3.05) is 19.7 Å². The molecule has 26 heavy (non-hydrogen) atoms. The van der Waals surface area contributed by atoms with Gasteiger partial charge in [0.2, 0.25) is 17.6 Å². The third kappa shape index (κ3) is 5.79. The fourth-order valence-electron chi connectivity index (χ4n) is 2.47. The van der Waals surface area contributed by atoms with Crippen LogP contribution in [-0.4, -0.2) is 47.1 Å². The number of amides is 1. The minimum atomic E-state index is -2.54. The summed E-state index contributed by atoms with van der Waals surface area (Å²) in [7, 11) is 0. The van der Waals surface area contributed by atoms with Gasteiger partial charge in [-0.3, -0.25) is 4.79 Å². The first-order chi connectivity index (χ1) is 12.5. The molecule has 0 radical (unpaired) electrons. The molecule has 0 saturated carbocycles. The van der Waals surface area contributed by atoms with Crippen LogP contribution in [0, 0.1) is 0 Å². The molecule has 0 aliphatic rings. The lowest BCUT2D eigenvalue weighted by atomic mass is 10.2. The van der Waals surface area contributed by atoms with Gasteiger partial charge in [0.1, 0.15) is 5.75 Å². The van der Waals surface area contributed by atoms with Crippen LogP contribution >= 0.6 is 0 Å². The number of hydrogen-bond acceptors (Lipinski definition) is 5. The first-order valence-electron chi connectivity index (χ1n) is 8.65. The molecular weight excluding hydrogens is 344 g/mol. The third-order valence-corrected chi connectivity index (χ3v) is 3.65. The van der Waals surface area contributed by atoms with Gasteiger partial charge in [0.05, 0.1) is 13.2 Å². The molecule has 1 aromatic carbocycles. The normalized spacial score (nSPS) is 11.0. The lowest BCUT2D eigenvalue weighted by Gasteiger charge is -2.21. The number of aromatic nitrogens is 2. The molecule has 1 amide bonds. The van der Waals surface area contributed by atoms with Gasteiger partial charge in [-0.15, -0.1) is 0 Å². The Morgan fingerprint density at radius 2 is 2.00 bits per heavy atom. The molecule has 0 bridgehead atoms. The smallest absolute Gasteiger partial charge is 0.255 e. The van der Waals surface area contributed by atoms with E-state index in [-0.39, 0.29) is 18.7 Å². The van der Waals surface area contributed by atoms with Crippen LogP contribution in [0.25, 0.3) is 11.4 Å². The van der Waals surface area contributed by atoms with E-state index in [0.29, 0.717) is 31.3 Å². The molecule has 0 atom stereocenters. The number of benzene rings is 1. The number of alkyl halides is 2. The van der Waals surface area contributed by atoms with Crippen LogP contribution in [0.5, 0.6) is 5.75 Å². The zero-order chi connectivity index (χ0) is 18.9. The Kier molecular flexibility index (Phi) is 7.50. The van der Waals surface area contributed by atoms with Crippen LogP contribution < -0.4 is 4.74 Å². The van der Waals surface area contributed by atoms with Crippen molar-refractivity contribution in [2.45, 2.75) is 39.5 Å². The van der Waals surface area contributed by atoms with Crippen LogP contribution in [0.1, 0.15) is 32.6 Å². The van der Waals surface area contributed by atoms with Crippen LogP contribution in [-0.2, 0) is 11.2 Å². The molecule has 0 N–H and O–H groups in total. The molecule has 0 saturated heterocycles. The molecule has 0 aliphatic carbocycles. The molecule has 0 spiro atoms. The standard InChI is InChI=1S/C18H23F2N3O3/c1-3-11-23(12-15(19)20)17(24)10-9-16-21-18(22-26-16)13-5-7-14(8-6-13)25-4-2/h5-8,15H,3-4,9-12H2,1-2H3. The minimum absolute atomic E-state index is 0.0532. The number of carbonyl (C=O) groups excluding carboxylic acids is 1. The number of halogens is 2. The van der Waals surface area contributed by atoms with Gasteiger partial charge in [0, 0.05) is 24.9 Å². The van der Waals surface area contributed by atoms with E-state index in [0.717, 1.165) is 11.3 Å². The predicted octanol–water partition coefficient (Wildman–Crippen LogP) is 3.57. The highest BCUT2D eigenvalue weighted by Crippen LogP contribution is 2.20. The summed E-state index contributed by atoms with van der Waals surface area (Å²) >= 11 is 0. The largest absolute Gasteiger partial charge is 0.494 e. The highest BCUT2D eigenvalue weighted by Gasteiger charge is 2.18. The van der Waals surface area contributed by atoms with E-state index in [1.807, 2.05) is 38.1 Å². The topological polar surface area (TPSA) is 68.5 Å². The summed E-state index contributed by atoms with van der Waals surface area (Å²) in [4.78, 5) is 17.5. The van der Waals surface area contributed by atoms with E-state index in [1.54, 1.807) is 0 Å². The molecule has 1 heterocycles. The van der Waals surface area contributed by atoms with Crippen LogP contribution in [0.2, 0.25) is 0 Å². The number of aryl methyl sites for hydroxylation is 1. The number of rotatable bonds is 10. The van der Waals surface area contributed by atoms with Crippen molar-refractivity contribution in [3.63, 3.8) is 0 Å². The van der Waals surface area contributed by atoms with Gasteiger partial charge in [-0.1, -0.05) is 12.1 Å². The third-order valence-electron chi connectivity index (χ3n) is 3.65. The van der Waals surface area contributed by atoms with Crippen LogP contribution in [0.4, 0.5) is 8.78 Å². The highest BCUT2D eigenvalue weighted by atomic mass is 19.3. The average Bonchev–Trinajstić information content (AvgIpc) is 3.09. The zero-order valence-corrected chi connectivity index (χ0v) is 15.0. The lowest BCUT2D eigenvalue weighted by Crippen LogP contribution is -2.35. The molecule has 0 unspecified atom stereocenters. The monoisotopic (exact) mass is 367 g/mol. The summed E-state index contributed by atoms with van der Waals surface area (Å²) in [6.45, 7) is 4.09. The van der Waals surface area contributed by atoms with Gasteiger partial charge in [-0.05, 0) is 37.6 Å². The summed E-state index contributed by atoms with van der Waals surface area (Å²) in [5.41, 5.74) is 0.764. The lowest BCUT2D eigenvalue weighted by molar-refractivity contribution is -0.133. The SMILES string of the molecule is CCCN(CC(F)F)C(=O)CCc1nc(-c2ccc(OCC)cc2)no1. The van der Waals surface area contributed by atoms with Gasteiger partial charge < -0.3 is 14.2 Å². The van der Waals surface area contributed by atoms with Crippen LogP contribution in [0.15, 0.2) is 28.8 Å². The van der Waals surface area contributed by atoms with Gasteiger partial charge in [0.15, 0.2) is 0 Å². The van der Waals surface area contributed by atoms with Crippen molar-refractivity contribution in [1.29, 1.82) is 0 Å². The Bertz CT molecular complexity index is 689. The van der Waals surface area contributed by atoms with E-state index >= 15 is 0 Å². The molecule has 1 aromatic heterocycles. The number of ether oxygens (including phenoxy) is 1. The molecule has 2 aromatic rings. The summed E-state index contributed by atoms with van der Waals surface area (Å²) in [5.74, 6) is 1.12. The molecule has 142 valence electrons. The quantitative estimate of drug-likeness (QED) is 0.642. The van der Waals surface area contributed by atoms with Gasteiger partial charge >= 0.3 is 0 Å². The van der Waals surface area contributed by atoms with Crippen molar-refractivity contribution in [1.82, 2.24) is 15.0 Å². The van der Waals surface area contributed by atoms with E-state index < -0.39 is 13.0 Å². The number of nitrogens with zero attached hydrogens (tertiary/aromatic N) is 3. The van der Waals surface area contributed by atoms with Crippen LogP contribution in [0.3, 0.4) is 0 Å². The maximum Gasteiger partial charge on any atom is 0.255 e. The second-order valence-corrected chi connectivity index (χ2v) is 5.70. The maximum absolute atomic E-state index is 12.6. The number of hydrogen-bond donors (Lipinski definition) is 0. The van der Waals surface area contributed by atoms with E-state index in [9.17, 15) is 13.6 Å². The number of carbonyl (C=O) groups is 1. The van der Waals surface area contributed by atoms with Gasteiger partial charge in [0.25, 0.3) is 6.43 Å². The molecular formula is C18H23F2N3O3. The van der Waals surface area contributed by atoms with Crippen molar-refractivity contribution in [3.8, 4) is 17.1 Å². The van der Waals surface area contributed by atoms with Crippen molar-refractivity contribution in [3.05, 3.63) is 30.2 Å². The van der Waals surface area contributed by atoms with Gasteiger partial charge in [-0.25, -0.2) is 8.78 Å². The second-order valence-electron chi connectivity index (χ2n) is 5.70.